The summed E-state index contributed by atoms with van der Waals surface area (Å²) in [6, 6.07) is 15.4. The molecule has 3 aromatic rings. The van der Waals surface area contributed by atoms with Crippen molar-refractivity contribution in [3.63, 3.8) is 0 Å². The number of aliphatic imine (C=N–C) groups is 1. The number of para-hydroxylation sites is 1. The van der Waals surface area contributed by atoms with E-state index in [0.717, 1.165) is 42.8 Å². The van der Waals surface area contributed by atoms with Crippen LogP contribution in [0, 0.1) is 5.82 Å². The highest BCUT2D eigenvalue weighted by atomic mass is 127. The van der Waals surface area contributed by atoms with E-state index in [4.69, 9.17) is 0 Å². The Morgan fingerprint density at radius 1 is 1.11 bits per heavy atom. The van der Waals surface area contributed by atoms with E-state index in [1.165, 1.54) is 10.9 Å². The van der Waals surface area contributed by atoms with Crippen LogP contribution in [-0.2, 0) is 11.8 Å². The molecule has 0 radical (unpaired) electrons. The minimum Gasteiger partial charge on any atom is -0.361 e. The summed E-state index contributed by atoms with van der Waals surface area (Å²) in [6.07, 6.45) is 4.99. The number of rotatable bonds is 6. The molecule has 4 nitrogen and oxygen atoms in total. The zero-order valence-electron chi connectivity index (χ0n) is 16.0. The number of hydrogen-bond donors (Lipinski definition) is 3. The third-order valence-corrected chi connectivity index (χ3v) is 5.48. The molecule has 1 aromatic heterocycles. The van der Waals surface area contributed by atoms with Crippen LogP contribution in [0.15, 0.2) is 59.7 Å². The number of aromatic nitrogens is 1. The number of aromatic amines is 1. The number of nitrogens with zero attached hydrogens (tertiary/aromatic N) is 1. The third-order valence-electron chi connectivity index (χ3n) is 5.48. The monoisotopic (exact) mass is 492 g/mol. The van der Waals surface area contributed by atoms with Crippen LogP contribution in [0.1, 0.15) is 24.0 Å². The molecule has 4 rings (SSSR count). The van der Waals surface area contributed by atoms with Crippen LogP contribution in [0.3, 0.4) is 0 Å². The van der Waals surface area contributed by atoms with Gasteiger partial charge in [-0.15, -0.1) is 24.0 Å². The van der Waals surface area contributed by atoms with Gasteiger partial charge < -0.3 is 15.6 Å². The summed E-state index contributed by atoms with van der Waals surface area (Å²) >= 11 is 0. The maximum Gasteiger partial charge on any atom is 0.191 e. The SMILES string of the molecule is CN=C(NCCc1c[nH]c2ccccc12)NCC1(c2ccccc2F)CC1.I. The zero-order chi connectivity index (χ0) is 18.7. The highest BCUT2D eigenvalue weighted by Crippen LogP contribution is 2.48. The van der Waals surface area contributed by atoms with Crippen molar-refractivity contribution < 1.29 is 4.39 Å². The molecule has 3 N–H and O–H groups in total. The molecule has 1 heterocycles. The highest BCUT2D eigenvalue weighted by molar-refractivity contribution is 14.0. The van der Waals surface area contributed by atoms with Crippen LogP contribution in [0.4, 0.5) is 4.39 Å². The van der Waals surface area contributed by atoms with Gasteiger partial charge >= 0.3 is 0 Å². The first-order chi connectivity index (χ1) is 13.2. The first-order valence-corrected chi connectivity index (χ1v) is 9.46. The van der Waals surface area contributed by atoms with Gasteiger partial charge in [0.25, 0.3) is 0 Å². The van der Waals surface area contributed by atoms with Gasteiger partial charge in [0.2, 0.25) is 0 Å². The number of nitrogens with one attached hydrogen (secondary N) is 3. The van der Waals surface area contributed by atoms with E-state index in [0.29, 0.717) is 6.54 Å². The van der Waals surface area contributed by atoms with E-state index in [9.17, 15) is 4.39 Å². The number of guanidine groups is 1. The summed E-state index contributed by atoms with van der Waals surface area (Å²) in [5.41, 5.74) is 3.17. The number of hydrogen-bond acceptors (Lipinski definition) is 1. The molecular formula is C22H26FIN4. The van der Waals surface area contributed by atoms with E-state index in [2.05, 4.69) is 45.0 Å². The maximum absolute atomic E-state index is 14.1. The third kappa shape index (κ3) is 4.32. The Balaban J connectivity index is 0.00000225. The second kappa shape index (κ2) is 8.94. The Hall–Kier alpha value is -2.09. The van der Waals surface area contributed by atoms with E-state index in [-0.39, 0.29) is 35.2 Å². The molecule has 0 aliphatic heterocycles. The van der Waals surface area contributed by atoms with Crippen molar-refractivity contribution in [3.8, 4) is 0 Å². The molecule has 2 aromatic carbocycles. The zero-order valence-corrected chi connectivity index (χ0v) is 18.3. The van der Waals surface area contributed by atoms with Gasteiger partial charge in [-0.05, 0) is 42.5 Å². The van der Waals surface area contributed by atoms with Gasteiger partial charge in [-0.3, -0.25) is 4.99 Å². The standard InChI is InChI=1S/C22H25FN4.HI/c1-24-21(25-13-10-16-14-26-20-9-5-2-6-17(16)20)27-15-22(11-12-22)18-7-3-4-8-19(18)23;/h2-9,14,26H,10-13,15H2,1H3,(H2,24,25,27);1H. The number of H-pyrrole nitrogens is 1. The van der Waals surface area contributed by atoms with Gasteiger partial charge in [0.15, 0.2) is 5.96 Å². The highest BCUT2D eigenvalue weighted by Gasteiger charge is 2.45. The van der Waals surface area contributed by atoms with Crippen molar-refractivity contribution in [3.05, 3.63) is 71.7 Å². The molecule has 1 saturated carbocycles. The van der Waals surface area contributed by atoms with Crippen LogP contribution in [-0.4, -0.2) is 31.1 Å². The van der Waals surface area contributed by atoms with E-state index in [1.807, 2.05) is 18.2 Å². The topological polar surface area (TPSA) is 52.2 Å². The lowest BCUT2D eigenvalue weighted by molar-refractivity contribution is 0.560. The largest absolute Gasteiger partial charge is 0.361 e. The van der Waals surface area contributed by atoms with Gasteiger partial charge in [-0.25, -0.2) is 4.39 Å². The molecule has 6 heteroatoms. The summed E-state index contributed by atoms with van der Waals surface area (Å²) in [5.74, 6) is 0.650. The molecule has 0 atom stereocenters. The molecule has 0 spiro atoms. The number of halogens is 2. The summed E-state index contributed by atoms with van der Waals surface area (Å²) in [7, 11) is 1.77. The normalized spacial score (nSPS) is 15.1. The van der Waals surface area contributed by atoms with Gasteiger partial charge in [-0.2, -0.15) is 0 Å². The van der Waals surface area contributed by atoms with Gasteiger partial charge in [0, 0.05) is 42.7 Å². The van der Waals surface area contributed by atoms with Crippen molar-refractivity contribution >= 4 is 40.8 Å². The molecule has 0 unspecified atom stereocenters. The minimum atomic E-state index is -0.112. The van der Waals surface area contributed by atoms with Crippen molar-refractivity contribution in [1.82, 2.24) is 15.6 Å². The van der Waals surface area contributed by atoms with Crippen molar-refractivity contribution in [2.45, 2.75) is 24.7 Å². The number of fused-ring (bicyclic) bond motifs is 1. The average Bonchev–Trinajstić information content (AvgIpc) is 3.38. The molecule has 148 valence electrons. The molecular weight excluding hydrogens is 466 g/mol. The van der Waals surface area contributed by atoms with Crippen molar-refractivity contribution in [2.24, 2.45) is 4.99 Å². The van der Waals surface area contributed by atoms with Crippen LogP contribution < -0.4 is 10.6 Å². The average molecular weight is 492 g/mol. The Labute approximate surface area is 182 Å². The smallest absolute Gasteiger partial charge is 0.191 e. The van der Waals surface area contributed by atoms with Gasteiger partial charge in [-0.1, -0.05) is 36.4 Å². The first-order valence-electron chi connectivity index (χ1n) is 9.46. The Kier molecular flexibility index (Phi) is 6.59. The maximum atomic E-state index is 14.1. The fourth-order valence-corrected chi connectivity index (χ4v) is 3.71. The molecule has 1 aliphatic rings. The first kappa shape index (κ1) is 20.6. The molecule has 0 saturated heterocycles. The predicted molar refractivity (Wildman–Crippen MR) is 124 cm³/mol. The van der Waals surface area contributed by atoms with E-state index < -0.39 is 0 Å². The van der Waals surface area contributed by atoms with E-state index >= 15 is 0 Å². The summed E-state index contributed by atoms with van der Waals surface area (Å²) < 4.78 is 14.1. The summed E-state index contributed by atoms with van der Waals surface area (Å²) in [6.45, 7) is 1.48. The van der Waals surface area contributed by atoms with Crippen LogP contribution in [0.2, 0.25) is 0 Å². The summed E-state index contributed by atoms with van der Waals surface area (Å²) in [5, 5.41) is 8.01. The molecule has 1 fully saturated rings. The minimum absolute atomic E-state index is 0. The quantitative estimate of drug-likeness (QED) is 0.272. The Morgan fingerprint density at radius 2 is 1.86 bits per heavy atom. The Morgan fingerprint density at radius 3 is 2.61 bits per heavy atom. The van der Waals surface area contributed by atoms with Crippen LogP contribution >= 0.6 is 24.0 Å². The van der Waals surface area contributed by atoms with Crippen molar-refractivity contribution in [2.75, 3.05) is 20.1 Å². The lowest BCUT2D eigenvalue weighted by Gasteiger charge is -2.19. The predicted octanol–water partition coefficient (Wildman–Crippen LogP) is 4.36. The van der Waals surface area contributed by atoms with Crippen LogP contribution in [0.25, 0.3) is 10.9 Å². The fraction of sp³-hybridized carbons (Fsp3) is 0.318. The molecule has 0 bridgehead atoms. The lowest BCUT2D eigenvalue weighted by Crippen LogP contribution is -2.42. The second-order valence-electron chi connectivity index (χ2n) is 7.22. The molecule has 28 heavy (non-hydrogen) atoms. The fourth-order valence-electron chi connectivity index (χ4n) is 3.71. The summed E-state index contributed by atoms with van der Waals surface area (Å²) in [4.78, 5) is 7.62. The van der Waals surface area contributed by atoms with Gasteiger partial charge in [0.1, 0.15) is 5.82 Å². The van der Waals surface area contributed by atoms with Crippen LogP contribution in [0.5, 0.6) is 0 Å². The lowest BCUT2D eigenvalue weighted by atomic mass is 9.95. The molecule has 1 aliphatic carbocycles. The van der Waals surface area contributed by atoms with E-state index in [1.54, 1.807) is 19.2 Å². The second-order valence-corrected chi connectivity index (χ2v) is 7.22. The molecule has 0 amide bonds. The van der Waals surface area contributed by atoms with Crippen molar-refractivity contribution in [1.29, 1.82) is 0 Å². The Bertz CT molecular complexity index is 962. The van der Waals surface area contributed by atoms with Gasteiger partial charge in [0.05, 0.1) is 0 Å². The number of benzene rings is 2.